The summed E-state index contributed by atoms with van der Waals surface area (Å²) in [5, 5.41) is 0. The van der Waals surface area contributed by atoms with Crippen LogP contribution < -0.4 is 0 Å². The van der Waals surface area contributed by atoms with E-state index in [9.17, 15) is 19.0 Å². The Labute approximate surface area is 320 Å². The van der Waals surface area contributed by atoms with Crippen molar-refractivity contribution in [2.75, 3.05) is 19.8 Å². The standard InChI is InChI=1S/C43H83O8P/c1-4-7-9-11-13-15-17-19-21-22-23-24-26-27-29-31-33-35-37-42(44)48-39-41(40-50-52(46,47)49-6-3)51-43(45)38-36-34-32-30-28-25-20-18-16-14-12-10-8-5-2/h18,20,41H,4-17,19,21-40H2,1-3H3,(H,46,47)/b20-18-. The number of carbonyl (C=O) groups is 2. The van der Waals surface area contributed by atoms with Gasteiger partial charge in [-0.2, -0.15) is 0 Å². The largest absolute Gasteiger partial charge is 0.472 e. The fraction of sp³-hybridized carbons (Fsp3) is 0.907. The Balaban J connectivity index is 4.03. The first kappa shape index (κ1) is 50.8. The van der Waals surface area contributed by atoms with Crippen LogP contribution in [-0.4, -0.2) is 42.8 Å². The molecule has 0 aromatic heterocycles. The maximum Gasteiger partial charge on any atom is 0.472 e. The average molecular weight is 759 g/mol. The first-order valence-corrected chi connectivity index (χ1v) is 23.5. The van der Waals surface area contributed by atoms with E-state index in [1.165, 1.54) is 135 Å². The number of ether oxygens (including phenoxy) is 2. The molecule has 9 heteroatoms. The molecule has 0 aromatic rings. The Morgan fingerprint density at radius 2 is 0.865 bits per heavy atom. The third-order valence-electron chi connectivity index (χ3n) is 9.57. The molecule has 52 heavy (non-hydrogen) atoms. The van der Waals surface area contributed by atoms with Crippen molar-refractivity contribution < 1.29 is 37.6 Å². The number of phosphoric ester groups is 1. The molecule has 2 atom stereocenters. The fourth-order valence-electron chi connectivity index (χ4n) is 6.33. The number of unbranched alkanes of at least 4 members (excludes halogenated alkanes) is 27. The normalized spacial score (nSPS) is 13.4. The van der Waals surface area contributed by atoms with Crippen molar-refractivity contribution in [3.63, 3.8) is 0 Å². The second-order valence-electron chi connectivity index (χ2n) is 14.7. The number of phosphoric acid groups is 1. The van der Waals surface area contributed by atoms with Gasteiger partial charge in [0.1, 0.15) is 6.61 Å². The summed E-state index contributed by atoms with van der Waals surface area (Å²) in [6.45, 7) is 5.49. The molecule has 0 spiro atoms. The van der Waals surface area contributed by atoms with Gasteiger partial charge in [-0.3, -0.25) is 18.6 Å². The van der Waals surface area contributed by atoms with Crippen LogP contribution in [0.5, 0.6) is 0 Å². The molecule has 1 N–H and O–H groups in total. The molecule has 0 aliphatic rings. The molecule has 0 saturated heterocycles. The Morgan fingerprint density at radius 3 is 1.27 bits per heavy atom. The van der Waals surface area contributed by atoms with E-state index in [-0.39, 0.29) is 25.6 Å². The van der Waals surface area contributed by atoms with Crippen molar-refractivity contribution >= 4 is 19.8 Å². The van der Waals surface area contributed by atoms with E-state index in [4.69, 9.17) is 18.5 Å². The minimum absolute atomic E-state index is 0.00201. The van der Waals surface area contributed by atoms with Crippen molar-refractivity contribution in [3.05, 3.63) is 12.2 Å². The van der Waals surface area contributed by atoms with Crippen LogP contribution in [0.3, 0.4) is 0 Å². The number of carbonyl (C=O) groups excluding carboxylic acids is 2. The maximum absolute atomic E-state index is 12.5. The molecule has 8 nitrogen and oxygen atoms in total. The molecular weight excluding hydrogens is 675 g/mol. The van der Waals surface area contributed by atoms with E-state index in [0.717, 1.165) is 51.4 Å². The van der Waals surface area contributed by atoms with Crippen LogP contribution >= 0.6 is 7.82 Å². The summed E-state index contributed by atoms with van der Waals surface area (Å²) in [7, 11) is -4.28. The average Bonchev–Trinajstić information content (AvgIpc) is 3.12. The lowest BCUT2D eigenvalue weighted by Crippen LogP contribution is -2.29. The summed E-state index contributed by atoms with van der Waals surface area (Å²) in [5.74, 6) is -0.796. The molecule has 2 unspecified atom stereocenters. The first-order valence-electron chi connectivity index (χ1n) is 22.0. The van der Waals surface area contributed by atoms with Gasteiger partial charge in [0, 0.05) is 12.8 Å². The van der Waals surface area contributed by atoms with Gasteiger partial charge in [0.05, 0.1) is 13.2 Å². The highest BCUT2D eigenvalue weighted by atomic mass is 31.2. The van der Waals surface area contributed by atoms with Crippen LogP contribution in [-0.2, 0) is 32.7 Å². The molecule has 0 aromatic carbocycles. The summed E-state index contributed by atoms with van der Waals surface area (Å²) in [6, 6.07) is 0. The zero-order chi connectivity index (χ0) is 38.2. The molecule has 0 heterocycles. The topological polar surface area (TPSA) is 108 Å². The van der Waals surface area contributed by atoms with Gasteiger partial charge in [-0.25, -0.2) is 4.57 Å². The Bertz CT molecular complexity index is 864. The van der Waals surface area contributed by atoms with Gasteiger partial charge in [-0.1, -0.05) is 180 Å². The molecule has 0 saturated carbocycles. The van der Waals surface area contributed by atoms with Gasteiger partial charge in [-0.15, -0.1) is 0 Å². The second kappa shape index (κ2) is 39.5. The summed E-state index contributed by atoms with van der Waals surface area (Å²) in [5.41, 5.74) is 0. The van der Waals surface area contributed by atoms with Crippen LogP contribution in [0.25, 0.3) is 0 Å². The monoisotopic (exact) mass is 759 g/mol. The minimum atomic E-state index is -4.28. The van der Waals surface area contributed by atoms with Gasteiger partial charge in [0.15, 0.2) is 6.10 Å². The maximum atomic E-state index is 12.5. The van der Waals surface area contributed by atoms with Crippen molar-refractivity contribution in [2.24, 2.45) is 0 Å². The molecule has 0 aliphatic carbocycles. The summed E-state index contributed by atoms with van der Waals surface area (Å²) < 4.78 is 32.6. The second-order valence-corrected chi connectivity index (χ2v) is 16.2. The third kappa shape index (κ3) is 38.5. The van der Waals surface area contributed by atoms with Crippen LogP contribution in [0, 0.1) is 0 Å². The minimum Gasteiger partial charge on any atom is -0.462 e. The smallest absolute Gasteiger partial charge is 0.462 e. The molecule has 0 rings (SSSR count). The van der Waals surface area contributed by atoms with Crippen molar-refractivity contribution in [3.8, 4) is 0 Å². The zero-order valence-electron chi connectivity index (χ0n) is 34.2. The van der Waals surface area contributed by atoms with E-state index >= 15 is 0 Å². The van der Waals surface area contributed by atoms with Gasteiger partial charge < -0.3 is 14.4 Å². The summed E-state index contributed by atoms with van der Waals surface area (Å²) >= 11 is 0. The van der Waals surface area contributed by atoms with Crippen molar-refractivity contribution in [1.82, 2.24) is 0 Å². The summed E-state index contributed by atoms with van der Waals surface area (Å²) in [4.78, 5) is 34.7. The van der Waals surface area contributed by atoms with Crippen LogP contribution in [0.2, 0.25) is 0 Å². The third-order valence-corrected chi connectivity index (χ3v) is 10.6. The predicted molar refractivity (Wildman–Crippen MR) is 216 cm³/mol. The van der Waals surface area contributed by atoms with E-state index in [0.29, 0.717) is 12.8 Å². The lowest BCUT2D eigenvalue weighted by Gasteiger charge is -2.19. The lowest BCUT2D eigenvalue weighted by molar-refractivity contribution is -0.161. The first-order chi connectivity index (χ1) is 25.3. The molecule has 0 bridgehead atoms. The highest BCUT2D eigenvalue weighted by molar-refractivity contribution is 7.47. The van der Waals surface area contributed by atoms with E-state index in [2.05, 4.69) is 26.0 Å². The van der Waals surface area contributed by atoms with Crippen LogP contribution in [0.4, 0.5) is 0 Å². The number of hydrogen-bond acceptors (Lipinski definition) is 7. The number of hydrogen-bond donors (Lipinski definition) is 1. The van der Waals surface area contributed by atoms with E-state index in [1.807, 2.05) is 0 Å². The Hall–Kier alpha value is -1.21. The van der Waals surface area contributed by atoms with Gasteiger partial charge in [0.2, 0.25) is 0 Å². The predicted octanol–water partition coefficient (Wildman–Crippen LogP) is 13.7. The zero-order valence-corrected chi connectivity index (χ0v) is 35.1. The molecule has 0 fully saturated rings. The Morgan fingerprint density at radius 1 is 0.500 bits per heavy atom. The SMILES string of the molecule is CCCCCCC/C=C\CCCCCCCC(=O)OC(COC(=O)CCCCCCCCCCCCCCCCCCCC)COP(=O)(O)OCC. The van der Waals surface area contributed by atoms with Crippen molar-refractivity contribution in [2.45, 2.75) is 232 Å². The van der Waals surface area contributed by atoms with Gasteiger partial charge in [-0.05, 0) is 45.4 Å². The van der Waals surface area contributed by atoms with Crippen LogP contribution in [0.1, 0.15) is 226 Å². The van der Waals surface area contributed by atoms with Gasteiger partial charge >= 0.3 is 19.8 Å². The number of allylic oxidation sites excluding steroid dienone is 2. The van der Waals surface area contributed by atoms with E-state index in [1.54, 1.807) is 6.92 Å². The molecule has 0 radical (unpaired) electrons. The highest BCUT2D eigenvalue weighted by Gasteiger charge is 2.25. The van der Waals surface area contributed by atoms with Crippen LogP contribution in [0.15, 0.2) is 12.2 Å². The van der Waals surface area contributed by atoms with Gasteiger partial charge in [0.25, 0.3) is 0 Å². The molecule has 0 aliphatic heterocycles. The number of rotatable bonds is 41. The Kier molecular flexibility index (Phi) is 38.6. The summed E-state index contributed by atoms with van der Waals surface area (Å²) in [6.07, 6.45) is 41.2. The quantitative estimate of drug-likeness (QED) is 0.0284. The fourth-order valence-corrected chi connectivity index (χ4v) is 7.09. The molecular formula is C43H83O8P. The van der Waals surface area contributed by atoms with E-state index < -0.39 is 26.5 Å². The highest BCUT2D eigenvalue weighted by Crippen LogP contribution is 2.43. The molecule has 308 valence electrons. The molecule has 0 amide bonds. The lowest BCUT2D eigenvalue weighted by atomic mass is 10.0. The van der Waals surface area contributed by atoms with Crippen molar-refractivity contribution in [1.29, 1.82) is 0 Å². The number of esters is 2.